The molecule has 3 heterocycles. The van der Waals surface area contributed by atoms with E-state index in [0.717, 1.165) is 0 Å². The fourth-order valence-electron chi connectivity index (χ4n) is 3.79. The van der Waals surface area contributed by atoms with Crippen molar-refractivity contribution in [2.24, 2.45) is 5.92 Å². The minimum Gasteiger partial charge on any atom is -0.453 e. The third kappa shape index (κ3) is 2.27. The highest BCUT2D eigenvalue weighted by Gasteiger charge is 2.62. The molecular formula is C13H17F3N4O2. The van der Waals surface area contributed by atoms with Crippen LogP contribution in [0.15, 0.2) is 12.7 Å². The molecule has 0 amide bonds. The lowest BCUT2D eigenvalue weighted by molar-refractivity contribution is -0.222. The Kier molecular flexibility index (Phi) is 3.42. The quantitative estimate of drug-likeness (QED) is 0.855. The highest BCUT2D eigenvalue weighted by atomic mass is 19.4. The fraction of sp³-hybridized carbons (Fsp3) is 0.769. The fourth-order valence-corrected chi connectivity index (χ4v) is 3.79. The van der Waals surface area contributed by atoms with Gasteiger partial charge in [-0.05, 0) is 25.7 Å². The van der Waals surface area contributed by atoms with Gasteiger partial charge in [0.2, 0.25) is 0 Å². The number of nitrogens with one attached hydrogen (secondary N) is 1. The highest BCUT2D eigenvalue weighted by molar-refractivity contribution is 5.76. The van der Waals surface area contributed by atoms with Crippen molar-refractivity contribution in [3.63, 3.8) is 0 Å². The van der Waals surface area contributed by atoms with Crippen LogP contribution in [0.3, 0.4) is 0 Å². The van der Waals surface area contributed by atoms with Crippen LogP contribution in [0.5, 0.6) is 0 Å². The van der Waals surface area contributed by atoms with E-state index in [0.29, 0.717) is 12.8 Å². The van der Waals surface area contributed by atoms with Crippen molar-refractivity contribution in [2.45, 2.75) is 56.6 Å². The summed E-state index contributed by atoms with van der Waals surface area (Å²) in [5.74, 6) is -2.28. The van der Waals surface area contributed by atoms with Crippen LogP contribution in [0, 0.1) is 5.92 Å². The van der Waals surface area contributed by atoms with E-state index in [4.69, 9.17) is 4.74 Å². The lowest BCUT2D eigenvalue weighted by atomic mass is 9.61. The molecule has 1 saturated carbocycles. The zero-order valence-corrected chi connectivity index (χ0v) is 12.2. The number of hydrogen-bond acceptors (Lipinski definition) is 5. The zero-order valence-electron chi connectivity index (χ0n) is 12.2. The van der Waals surface area contributed by atoms with E-state index in [-0.39, 0.29) is 18.0 Å². The van der Waals surface area contributed by atoms with Crippen molar-refractivity contribution in [1.29, 1.82) is 0 Å². The Morgan fingerprint density at radius 3 is 2.59 bits per heavy atom. The number of halogens is 3. The van der Waals surface area contributed by atoms with Gasteiger partial charge in [0.15, 0.2) is 0 Å². The van der Waals surface area contributed by atoms with Crippen LogP contribution in [0.25, 0.3) is 0 Å². The van der Waals surface area contributed by atoms with Crippen molar-refractivity contribution in [3.8, 4) is 0 Å². The number of carbonyl (C=O) groups excluding carboxylic acids is 1. The lowest BCUT2D eigenvalue weighted by Gasteiger charge is -2.62. The van der Waals surface area contributed by atoms with E-state index in [1.54, 1.807) is 4.57 Å². The van der Waals surface area contributed by atoms with E-state index in [1.807, 2.05) is 13.8 Å². The van der Waals surface area contributed by atoms with Gasteiger partial charge < -0.3 is 14.6 Å². The molecule has 122 valence electrons. The first-order valence-electron chi connectivity index (χ1n) is 7.13. The molecule has 5 unspecified atom stereocenters. The molecule has 1 aromatic heterocycles. The third-order valence-corrected chi connectivity index (χ3v) is 4.83. The van der Waals surface area contributed by atoms with Crippen LogP contribution in [0.2, 0.25) is 0 Å². The lowest BCUT2D eigenvalue weighted by Crippen LogP contribution is -2.78. The van der Waals surface area contributed by atoms with Crippen LogP contribution in [0.4, 0.5) is 13.2 Å². The minimum atomic E-state index is -4.98. The maximum Gasteiger partial charge on any atom is 0.490 e. The summed E-state index contributed by atoms with van der Waals surface area (Å²) in [7, 11) is 0. The number of rotatable bonds is 3. The Morgan fingerprint density at radius 1 is 1.45 bits per heavy atom. The average Bonchev–Trinajstić information content (AvgIpc) is 2.91. The number of carbonyl (C=O) groups is 1. The average molecular weight is 318 g/mol. The summed E-state index contributed by atoms with van der Waals surface area (Å²) >= 11 is 0. The van der Waals surface area contributed by atoms with E-state index in [2.05, 4.69) is 15.5 Å². The zero-order chi connectivity index (χ0) is 16.1. The molecule has 5 atom stereocenters. The maximum absolute atomic E-state index is 12.6. The van der Waals surface area contributed by atoms with Crippen LogP contribution in [-0.4, -0.2) is 44.6 Å². The van der Waals surface area contributed by atoms with Crippen molar-refractivity contribution < 1.29 is 22.7 Å². The summed E-state index contributed by atoms with van der Waals surface area (Å²) in [5.41, 5.74) is -0.717. The summed E-state index contributed by atoms with van der Waals surface area (Å²) in [6.45, 7) is 3.67. The number of aromatic nitrogens is 3. The van der Waals surface area contributed by atoms with Crippen LogP contribution < -0.4 is 5.32 Å². The molecule has 1 aliphatic carbocycles. The SMILES string of the molecule is CC1CC2CC(C(C)n3cnnc3)(N2)C1OC(=O)C(F)(F)F. The predicted molar refractivity (Wildman–Crippen MR) is 68.7 cm³/mol. The van der Waals surface area contributed by atoms with Gasteiger partial charge in [0.05, 0.1) is 11.6 Å². The number of nitrogens with zero attached hydrogens (tertiary/aromatic N) is 3. The van der Waals surface area contributed by atoms with Crippen LogP contribution >= 0.6 is 0 Å². The first kappa shape index (κ1) is 15.3. The molecule has 3 fully saturated rings. The Bertz CT molecular complexity index is 554. The molecule has 4 rings (SSSR count). The maximum atomic E-state index is 12.6. The van der Waals surface area contributed by atoms with E-state index in [9.17, 15) is 18.0 Å². The Labute approximate surface area is 125 Å². The molecule has 0 aromatic carbocycles. The molecule has 1 N–H and O–H groups in total. The number of hydrogen-bond donors (Lipinski definition) is 1. The van der Waals surface area contributed by atoms with Crippen molar-refractivity contribution in [2.75, 3.05) is 0 Å². The van der Waals surface area contributed by atoms with Gasteiger partial charge in [-0.1, -0.05) is 6.92 Å². The second-order valence-electron chi connectivity index (χ2n) is 6.21. The monoisotopic (exact) mass is 318 g/mol. The van der Waals surface area contributed by atoms with E-state index >= 15 is 0 Å². The Hall–Kier alpha value is -1.64. The molecular weight excluding hydrogens is 301 g/mol. The number of alkyl halides is 3. The van der Waals surface area contributed by atoms with Gasteiger partial charge in [-0.2, -0.15) is 13.2 Å². The van der Waals surface area contributed by atoms with Gasteiger partial charge in [-0.15, -0.1) is 10.2 Å². The van der Waals surface area contributed by atoms with Crippen molar-refractivity contribution in [1.82, 2.24) is 20.1 Å². The second-order valence-corrected chi connectivity index (χ2v) is 6.21. The summed E-state index contributed by atoms with van der Waals surface area (Å²) in [5, 5.41) is 10.8. The molecule has 22 heavy (non-hydrogen) atoms. The number of esters is 1. The minimum absolute atomic E-state index is 0.148. The summed E-state index contributed by atoms with van der Waals surface area (Å²) in [4.78, 5) is 11.3. The van der Waals surface area contributed by atoms with E-state index < -0.39 is 23.8 Å². The van der Waals surface area contributed by atoms with Gasteiger partial charge in [-0.25, -0.2) is 4.79 Å². The molecule has 6 nitrogen and oxygen atoms in total. The highest BCUT2D eigenvalue weighted by Crippen LogP contribution is 2.49. The number of piperidine rings is 1. The summed E-state index contributed by atoms with van der Waals surface area (Å²) in [6, 6.07) is 0.0160. The van der Waals surface area contributed by atoms with Gasteiger partial charge >= 0.3 is 12.1 Å². The first-order chi connectivity index (χ1) is 10.2. The summed E-state index contributed by atoms with van der Waals surface area (Å²) in [6.07, 6.45) is -1.46. The summed E-state index contributed by atoms with van der Waals surface area (Å²) < 4.78 is 44.2. The smallest absolute Gasteiger partial charge is 0.453 e. The number of fused-ring (bicyclic) bond motifs is 2. The predicted octanol–water partition coefficient (Wildman–Crippen LogP) is 1.45. The number of ether oxygens (including phenoxy) is 1. The van der Waals surface area contributed by atoms with Crippen LogP contribution in [0.1, 0.15) is 32.7 Å². The molecule has 0 radical (unpaired) electrons. The van der Waals surface area contributed by atoms with Crippen molar-refractivity contribution in [3.05, 3.63) is 12.7 Å². The normalized spacial score (nSPS) is 35.6. The standard InChI is InChI=1S/C13H17F3N4O2/c1-7-3-9-4-12(19-9,8(2)20-5-17-18-6-20)10(7)22-11(21)13(14,15)16/h5-10,19H,3-4H2,1-2H3. The topological polar surface area (TPSA) is 69.0 Å². The van der Waals surface area contributed by atoms with Crippen LogP contribution in [-0.2, 0) is 9.53 Å². The Morgan fingerprint density at radius 2 is 2.05 bits per heavy atom. The van der Waals surface area contributed by atoms with Gasteiger partial charge in [0.1, 0.15) is 18.8 Å². The molecule has 2 aliphatic heterocycles. The van der Waals surface area contributed by atoms with Gasteiger partial charge in [0.25, 0.3) is 0 Å². The Balaban J connectivity index is 1.86. The van der Waals surface area contributed by atoms with Gasteiger partial charge in [0, 0.05) is 6.04 Å². The van der Waals surface area contributed by atoms with E-state index in [1.165, 1.54) is 12.7 Å². The molecule has 3 aliphatic rings. The molecule has 0 spiro atoms. The molecule has 2 bridgehead atoms. The molecule has 9 heteroatoms. The largest absolute Gasteiger partial charge is 0.490 e. The first-order valence-corrected chi connectivity index (χ1v) is 7.13. The third-order valence-electron chi connectivity index (χ3n) is 4.83. The van der Waals surface area contributed by atoms with Gasteiger partial charge in [-0.3, -0.25) is 0 Å². The molecule has 2 saturated heterocycles. The molecule has 1 aromatic rings. The second kappa shape index (κ2) is 4.94. The van der Waals surface area contributed by atoms with Crippen molar-refractivity contribution >= 4 is 5.97 Å².